The van der Waals surface area contributed by atoms with Gasteiger partial charge in [-0.05, 0) is 17.7 Å². The van der Waals surface area contributed by atoms with E-state index in [4.69, 9.17) is 9.48 Å². The number of hydrogen-bond acceptors (Lipinski definition) is 5. The van der Waals surface area contributed by atoms with Crippen LogP contribution >= 0.6 is 8.37 Å². The molecule has 0 aromatic heterocycles. The van der Waals surface area contributed by atoms with Crippen LogP contribution in [0.5, 0.6) is 0 Å². The van der Waals surface area contributed by atoms with Gasteiger partial charge in [-0.2, -0.15) is 8.42 Å². The van der Waals surface area contributed by atoms with E-state index >= 15 is 0 Å². The number of carbonyl (C=O) groups excluding carboxylic acids is 1. The maximum absolute atomic E-state index is 13.6. The summed E-state index contributed by atoms with van der Waals surface area (Å²) in [5.41, 5.74) is 2.10. The molecule has 0 radical (unpaired) electrons. The van der Waals surface area contributed by atoms with Crippen LogP contribution in [0.2, 0.25) is 0 Å². The van der Waals surface area contributed by atoms with E-state index in [2.05, 4.69) is 0 Å². The molecule has 0 saturated carbocycles. The van der Waals surface area contributed by atoms with Crippen molar-refractivity contribution in [3.63, 3.8) is 0 Å². The summed E-state index contributed by atoms with van der Waals surface area (Å²) in [6.45, 7) is 0. The molecule has 5 nitrogen and oxygen atoms in total. The van der Waals surface area contributed by atoms with E-state index in [0.29, 0.717) is 34.4 Å². The number of rotatable bonds is 7. The molecule has 37 heavy (non-hydrogen) atoms. The Kier molecular flexibility index (Phi) is 7.22. The van der Waals surface area contributed by atoms with Crippen LogP contribution < -0.4 is 0 Å². The van der Waals surface area contributed by atoms with Gasteiger partial charge in [0.1, 0.15) is 10.3 Å². The molecule has 0 saturated heterocycles. The van der Waals surface area contributed by atoms with Gasteiger partial charge in [-0.1, -0.05) is 109 Å². The van der Waals surface area contributed by atoms with Crippen molar-refractivity contribution < 1.29 is 17.9 Å². The van der Waals surface area contributed by atoms with Gasteiger partial charge in [0.15, 0.2) is 0 Å². The molecule has 5 rings (SSSR count). The standard InChI is InChI=1S/C30H22NO4PS/c32-28(23-15-7-2-8-16-23)35-30(24-17-9-3-10-18-24,25-19-11-4-12-20-25)27-26(29(36-31-27)37(33)34)21-22-13-5-1-6-14-22/h1-20H,21H2. The molecule has 1 aliphatic heterocycles. The van der Waals surface area contributed by atoms with E-state index in [1.807, 2.05) is 97.1 Å². The van der Waals surface area contributed by atoms with E-state index in [1.165, 1.54) is 0 Å². The van der Waals surface area contributed by atoms with E-state index in [0.717, 1.165) is 5.56 Å². The van der Waals surface area contributed by atoms with Crippen LogP contribution in [0.4, 0.5) is 0 Å². The second-order valence-electron chi connectivity index (χ2n) is 8.40. The van der Waals surface area contributed by atoms with Crippen LogP contribution in [0, 0.1) is 0 Å². The lowest BCUT2D eigenvalue weighted by Gasteiger charge is -2.35. The number of esters is 1. The summed E-state index contributed by atoms with van der Waals surface area (Å²) in [5, 5.41) is 0. The molecule has 7 heteroatoms. The lowest BCUT2D eigenvalue weighted by molar-refractivity contribution is 0.0122. The molecular weight excluding hydrogens is 501 g/mol. The fourth-order valence-corrected chi connectivity index (χ4v) is 5.93. The number of hydrogen-bond donors (Lipinski definition) is 0. The Morgan fingerprint density at radius 2 is 1.22 bits per heavy atom. The van der Waals surface area contributed by atoms with Crippen LogP contribution in [0.15, 0.2) is 137 Å². The Balaban J connectivity index is 1.82. The number of ether oxygens (including phenoxy) is 1. The summed E-state index contributed by atoms with van der Waals surface area (Å²) in [6, 6.07) is 37.1. The largest absolute Gasteiger partial charge is 0.439 e. The molecule has 182 valence electrons. The van der Waals surface area contributed by atoms with Gasteiger partial charge in [0.25, 0.3) is 0 Å². The number of nitrogens with zero attached hydrogens (tertiary/aromatic N) is 1. The minimum absolute atomic E-state index is 0.172. The summed E-state index contributed by atoms with van der Waals surface area (Å²) < 4.78 is 36.1. The molecule has 0 aliphatic carbocycles. The quantitative estimate of drug-likeness (QED) is 0.159. The van der Waals surface area contributed by atoms with Crippen molar-refractivity contribution >= 4 is 29.2 Å². The lowest BCUT2D eigenvalue weighted by atomic mass is 9.80. The second-order valence-corrected chi connectivity index (χ2v) is 10.4. The van der Waals surface area contributed by atoms with E-state index in [9.17, 15) is 13.2 Å². The molecule has 0 unspecified atom stereocenters. The second kappa shape index (κ2) is 10.9. The Hall–Kier alpha value is -4.12. The first-order valence-corrected chi connectivity index (χ1v) is 13.6. The van der Waals surface area contributed by atoms with Gasteiger partial charge in [-0.3, -0.25) is 0 Å². The summed E-state index contributed by atoms with van der Waals surface area (Å²) in [6.07, 6.45) is 0.320. The van der Waals surface area contributed by atoms with Gasteiger partial charge in [0.2, 0.25) is 15.9 Å². The van der Waals surface area contributed by atoms with E-state index < -0.39 is 21.9 Å². The molecule has 0 fully saturated rings. The lowest BCUT2D eigenvalue weighted by Crippen LogP contribution is -2.36. The van der Waals surface area contributed by atoms with Crippen LogP contribution in [-0.4, -0.2) is 19.0 Å². The molecule has 0 spiro atoms. The van der Waals surface area contributed by atoms with Gasteiger partial charge >= 0.3 is 5.97 Å². The fraction of sp³-hybridized carbons (Fsp3) is 0.0667. The highest BCUT2D eigenvalue weighted by Crippen LogP contribution is 2.48. The Labute approximate surface area is 218 Å². The number of allylic oxidation sites excluding steroid dienone is 1. The third-order valence-corrected chi connectivity index (χ3v) is 8.12. The molecule has 4 aromatic carbocycles. The van der Waals surface area contributed by atoms with E-state index in [-0.39, 0.29) is 13.0 Å². The van der Waals surface area contributed by atoms with Crippen molar-refractivity contribution in [2.24, 2.45) is 4.74 Å². The third kappa shape index (κ3) is 4.94. The van der Waals surface area contributed by atoms with Crippen molar-refractivity contribution in [1.29, 1.82) is 0 Å². The van der Waals surface area contributed by atoms with Gasteiger partial charge in [0, 0.05) is 23.1 Å². The van der Waals surface area contributed by atoms with Crippen LogP contribution in [-0.2, 0) is 27.1 Å². The number of carbonyl (C=O) groups is 1. The highest BCUT2D eigenvalue weighted by molar-refractivity contribution is 7.86. The molecule has 0 atom stereocenters. The highest BCUT2D eigenvalue weighted by Gasteiger charge is 2.46. The van der Waals surface area contributed by atoms with Crippen molar-refractivity contribution in [3.8, 4) is 0 Å². The molecule has 1 aliphatic rings. The highest BCUT2D eigenvalue weighted by atomic mass is 32.2. The first-order valence-electron chi connectivity index (χ1n) is 11.6. The van der Waals surface area contributed by atoms with Gasteiger partial charge < -0.3 is 4.74 Å². The minimum Gasteiger partial charge on any atom is -0.439 e. The summed E-state index contributed by atoms with van der Waals surface area (Å²) in [5.74, 6) is -0.538. The zero-order valence-corrected chi connectivity index (χ0v) is 21.4. The van der Waals surface area contributed by atoms with Crippen LogP contribution in [0.3, 0.4) is 0 Å². The first kappa shape index (κ1) is 24.6. The molecule has 0 bridgehead atoms. The normalized spacial score (nSPS) is 13.5. The molecular formula is C30H22NO4PS. The summed E-state index contributed by atoms with van der Waals surface area (Å²) in [4.78, 5) is 13.6. The predicted molar refractivity (Wildman–Crippen MR) is 146 cm³/mol. The molecule has 0 N–H and O–H groups in total. The summed E-state index contributed by atoms with van der Waals surface area (Å²) in [7, 11) is -2.21. The maximum atomic E-state index is 13.6. The average molecular weight is 524 g/mol. The minimum atomic E-state index is -2.50. The van der Waals surface area contributed by atoms with Crippen molar-refractivity contribution in [1.82, 2.24) is 0 Å². The van der Waals surface area contributed by atoms with Crippen molar-refractivity contribution in [2.75, 3.05) is 0 Å². The zero-order valence-electron chi connectivity index (χ0n) is 19.7. The SMILES string of the molecule is O=C(OC(C1=C(Cc2ccccc2)C(=S(=O)=O)P=N1)(c1ccccc1)c1ccccc1)c1ccccc1. The molecule has 4 aromatic rings. The first-order chi connectivity index (χ1) is 18.1. The Morgan fingerprint density at radius 3 is 1.73 bits per heavy atom. The van der Waals surface area contributed by atoms with Crippen LogP contribution in [0.1, 0.15) is 27.0 Å². The van der Waals surface area contributed by atoms with E-state index in [1.54, 1.807) is 24.3 Å². The Morgan fingerprint density at radius 1 is 0.730 bits per heavy atom. The van der Waals surface area contributed by atoms with Crippen LogP contribution in [0.25, 0.3) is 0 Å². The summed E-state index contributed by atoms with van der Waals surface area (Å²) >= 11 is 0. The molecule has 0 amide bonds. The fourth-order valence-electron chi connectivity index (χ4n) is 4.42. The zero-order chi connectivity index (χ0) is 25.7. The van der Waals surface area contributed by atoms with Crippen molar-refractivity contribution in [2.45, 2.75) is 12.0 Å². The maximum Gasteiger partial charge on any atom is 0.339 e. The van der Waals surface area contributed by atoms with Gasteiger partial charge in [0.05, 0.1) is 13.9 Å². The predicted octanol–water partition coefficient (Wildman–Crippen LogP) is 6.44. The number of benzene rings is 4. The monoisotopic (exact) mass is 523 g/mol. The van der Waals surface area contributed by atoms with Gasteiger partial charge in [-0.15, -0.1) is 0 Å². The van der Waals surface area contributed by atoms with Crippen molar-refractivity contribution in [3.05, 3.63) is 155 Å². The smallest absolute Gasteiger partial charge is 0.339 e. The molecule has 1 heterocycles. The van der Waals surface area contributed by atoms with Gasteiger partial charge in [-0.25, -0.2) is 9.54 Å². The Bertz CT molecular complexity index is 1570. The topological polar surface area (TPSA) is 72.8 Å². The average Bonchev–Trinajstić information content (AvgIpc) is 3.37. The third-order valence-electron chi connectivity index (χ3n) is 6.12.